The minimum Gasteiger partial charge on any atom is -0.463 e. The number of ether oxygens (including phenoxy) is 6. The van der Waals surface area contributed by atoms with Crippen molar-refractivity contribution in [3.05, 3.63) is 0 Å². The highest BCUT2D eigenvalue weighted by atomic mass is 16.8. The Balaban J connectivity index is 3.56. The van der Waals surface area contributed by atoms with Gasteiger partial charge in [0, 0.05) is 25.7 Å². The van der Waals surface area contributed by atoms with E-state index in [2.05, 4.69) is 0 Å². The van der Waals surface area contributed by atoms with E-state index in [9.17, 15) is 44.7 Å². The molecule has 0 bridgehead atoms. The van der Waals surface area contributed by atoms with Crippen molar-refractivity contribution < 1.29 is 78.2 Å². The molecule has 16 nitrogen and oxygen atoms in total. The van der Waals surface area contributed by atoms with E-state index in [-0.39, 0.29) is 25.7 Å². The zero-order chi connectivity index (χ0) is 33.4. The predicted octanol–water partition coefficient (Wildman–Crippen LogP) is -1.04. The molecule has 6 N–H and O–H groups in total. The van der Waals surface area contributed by atoms with Crippen LogP contribution < -0.4 is 0 Å². The summed E-state index contributed by atoms with van der Waals surface area (Å²) in [6.07, 6.45) is -17.7. The lowest BCUT2D eigenvalue weighted by Gasteiger charge is -2.45. The Kier molecular flexibility index (Phi) is 18.5. The molecule has 0 aliphatic carbocycles. The van der Waals surface area contributed by atoms with E-state index >= 15 is 0 Å². The topological polar surface area (TPSA) is 245 Å². The van der Waals surface area contributed by atoms with Gasteiger partial charge in [0.15, 0.2) is 24.6 Å². The summed E-state index contributed by atoms with van der Waals surface area (Å²) < 4.78 is 33.2. The predicted molar refractivity (Wildman–Crippen MR) is 147 cm³/mol. The van der Waals surface area contributed by atoms with E-state index in [1.165, 1.54) is 0 Å². The van der Waals surface area contributed by atoms with Crippen molar-refractivity contribution in [1.82, 2.24) is 0 Å². The Bertz CT molecular complexity index is 884. The molecular weight excluding hydrogens is 592 g/mol. The lowest BCUT2D eigenvalue weighted by Crippen LogP contribution is -2.64. The number of rotatable bonds is 20. The second kappa shape index (κ2) is 20.6. The Morgan fingerprint density at radius 3 is 1.57 bits per heavy atom. The van der Waals surface area contributed by atoms with Crippen LogP contribution in [0.15, 0.2) is 0 Å². The molecule has 0 saturated carbocycles. The summed E-state index contributed by atoms with van der Waals surface area (Å²) >= 11 is 0. The smallest absolute Gasteiger partial charge is 0.306 e. The third-order valence-corrected chi connectivity index (χ3v) is 6.47. The molecule has 0 amide bonds. The van der Waals surface area contributed by atoms with Crippen molar-refractivity contribution in [1.29, 1.82) is 0 Å². The van der Waals surface area contributed by atoms with Gasteiger partial charge in [0.1, 0.15) is 37.1 Å². The summed E-state index contributed by atoms with van der Waals surface area (Å²) in [4.78, 5) is 50.2. The van der Waals surface area contributed by atoms with Crippen LogP contribution >= 0.6 is 0 Å². The lowest BCUT2D eigenvalue weighted by atomic mass is 9.97. The summed E-state index contributed by atoms with van der Waals surface area (Å²) in [6.45, 7) is 5.32. The fourth-order valence-corrected chi connectivity index (χ4v) is 4.14. The van der Waals surface area contributed by atoms with Gasteiger partial charge in [-0.05, 0) is 25.7 Å². The Morgan fingerprint density at radius 1 is 0.636 bits per heavy atom. The molecular formula is C28H48O16. The molecule has 0 aromatic rings. The maximum atomic E-state index is 12.7. The van der Waals surface area contributed by atoms with Gasteiger partial charge in [0.2, 0.25) is 6.29 Å². The van der Waals surface area contributed by atoms with Crippen LogP contribution in [0.1, 0.15) is 79.1 Å². The zero-order valence-electron chi connectivity index (χ0n) is 25.6. The molecule has 1 unspecified atom stereocenters. The number of aliphatic hydroxyl groups excluding tert-OH is 6. The molecule has 1 saturated heterocycles. The maximum Gasteiger partial charge on any atom is 0.306 e. The molecule has 0 aromatic carbocycles. The van der Waals surface area contributed by atoms with E-state index < -0.39 is 98.5 Å². The minimum atomic E-state index is -2.39. The van der Waals surface area contributed by atoms with Crippen molar-refractivity contribution >= 4 is 23.9 Å². The van der Waals surface area contributed by atoms with Gasteiger partial charge in [-0.15, -0.1) is 0 Å². The molecule has 0 radical (unpaired) electrons. The first-order valence-corrected chi connectivity index (χ1v) is 14.9. The summed E-state index contributed by atoms with van der Waals surface area (Å²) in [6, 6.07) is 0. The van der Waals surface area contributed by atoms with E-state index in [0.717, 1.165) is 0 Å². The first-order valence-electron chi connectivity index (χ1n) is 14.9. The van der Waals surface area contributed by atoms with E-state index in [1.54, 1.807) is 27.7 Å². The van der Waals surface area contributed by atoms with Crippen LogP contribution in [0, 0.1) is 0 Å². The summed E-state index contributed by atoms with van der Waals surface area (Å²) in [5, 5.41) is 59.9. The lowest BCUT2D eigenvalue weighted by molar-refractivity contribution is -0.349. The van der Waals surface area contributed by atoms with E-state index in [4.69, 9.17) is 33.5 Å². The van der Waals surface area contributed by atoms with Crippen LogP contribution in [-0.4, -0.2) is 129 Å². The molecule has 0 spiro atoms. The average molecular weight is 641 g/mol. The van der Waals surface area contributed by atoms with Gasteiger partial charge < -0.3 is 59.1 Å². The van der Waals surface area contributed by atoms with Crippen LogP contribution in [-0.2, 0) is 47.6 Å². The largest absolute Gasteiger partial charge is 0.463 e. The minimum absolute atomic E-state index is 0.0422. The quantitative estimate of drug-likeness (QED) is 0.0528. The SMILES string of the molecule is CCCC(=O)OC[C@H]1O[C@H](OC(O)[C@@H](O)[C@@H](O)[C@H](O)[C@H](O)CO)[C@@H](OC(=O)CCC)[C@@H](OC(=O)CCC)[C@@H]1OC(=O)CCC. The highest BCUT2D eigenvalue weighted by Gasteiger charge is 2.54. The number of aliphatic hydroxyl groups is 6. The van der Waals surface area contributed by atoms with Crippen LogP contribution in [0.3, 0.4) is 0 Å². The highest BCUT2D eigenvalue weighted by Crippen LogP contribution is 2.32. The molecule has 1 rings (SSSR count). The van der Waals surface area contributed by atoms with Crippen LogP contribution in [0.25, 0.3) is 0 Å². The average Bonchev–Trinajstić information content (AvgIpc) is 2.97. The molecule has 10 atom stereocenters. The second-order valence-electron chi connectivity index (χ2n) is 10.3. The fraction of sp³-hybridized carbons (Fsp3) is 0.857. The summed E-state index contributed by atoms with van der Waals surface area (Å²) in [5.41, 5.74) is 0. The number of esters is 4. The monoisotopic (exact) mass is 640 g/mol. The maximum absolute atomic E-state index is 12.7. The van der Waals surface area contributed by atoms with Crippen molar-refractivity contribution in [3.8, 4) is 0 Å². The van der Waals surface area contributed by atoms with Crippen molar-refractivity contribution in [2.75, 3.05) is 13.2 Å². The number of carbonyl (C=O) groups is 4. The standard InChI is InChI=1S/C28H48O16/c1-5-9-17(31)39-14-16-24(41-18(32)10-6-2)25(42-19(33)11-7-3)26(43-20(34)12-8-4)28(40-16)44-27(38)23(37)22(36)21(35)15(30)13-29/h15-16,21-30,35-38H,5-14H2,1-4H3/t15-,16-,21-,22+,23+,24-,25+,26+,27?,28-/m1/s1. The molecule has 44 heavy (non-hydrogen) atoms. The normalized spacial score (nSPS) is 25.2. The highest BCUT2D eigenvalue weighted by molar-refractivity contribution is 5.72. The van der Waals surface area contributed by atoms with Gasteiger partial charge in [0.05, 0.1) is 6.61 Å². The number of hydrogen-bond acceptors (Lipinski definition) is 16. The molecule has 256 valence electrons. The molecule has 1 aliphatic rings. The van der Waals surface area contributed by atoms with Crippen molar-refractivity contribution in [3.63, 3.8) is 0 Å². The fourth-order valence-electron chi connectivity index (χ4n) is 4.14. The van der Waals surface area contributed by atoms with Gasteiger partial charge in [-0.1, -0.05) is 27.7 Å². The van der Waals surface area contributed by atoms with Crippen molar-refractivity contribution in [2.24, 2.45) is 0 Å². The van der Waals surface area contributed by atoms with Gasteiger partial charge in [-0.25, -0.2) is 0 Å². The van der Waals surface area contributed by atoms with Crippen molar-refractivity contribution in [2.45, 2.75) is 140 Å². The first kappa shape index (κ1) is 39.6. The van der Waals surface area contributed by atoms with Gasteiger partial charge in [-0.3, -0.25) is 19.2 Å². The number of carbonyl (C=O) groups excluding carboxylic acids is 4. The van der Waals surface area contributed by atoms with Crippen LogP contribution in [0.5, 0.6) is 0 Å². The number of hydrogen-bond donors (Lipinski definition) is 6. The summed E-state index contributed by atoms with van der Waals surface area (Å²) in [7, 11) is 0. The van der Waals surface area contributed by atoms with Crippen LogP contribution in [0.2, 0.25) is 0 Å². The molecule has 16 heteroatoms. The van der Waals surface area contributed by atoms with E-state index in [0.29, 0.717) is 25.7 Å². The summed E-state index contributed by atoms with van der Waals surface area (Å²) in [5.74, 6) is -2.94. The van der Waals surface area contributed by atoms with E-state index in [1.807, 2.05) is 0 Å². The Hall–Kier alpha value is -2.44. The Morgan fingerprint density at radius 2 is 1.09 bits per heavy atom. The van der Waals surface area contributed by atoms with Gasteiger partial charge in [-0.2, -0.15) is 0 Å². The Labute approximate surface area is 256 Å². The molecule has 1 heterocycles. The first-order chi connectivity index (χ1) is 20.8. The second-order valence-corrected chi connectivity index (χ2v) is 10.3. The third-order valence-electron chi connectivity index (χ3n) is 6.47. The van der Waals surface area contributed by atoms with Gasteiger partial charge in [0.25, 0.3) is 0 Å². The molecule has 1 fully saturated rings. The van der Waals surface area contributed by atoms with Crippen LogP contribution in [0.4, 0.5) is 0 Å². The molecule has 1 aliphatic heterocycles. The third kappa shape index (κ3) is 12.5. The molecule has 0 aromatic heterocycles. The van der Waals surface area contributed by atoms with Gasteiger partial charge >= 0.3 is 23.9 Å². The zero-order valence-corrected chi connectivity index (χ0v) is 25.6.